The van der Waals surface area contributed by atoms with Crippen LogP contribution in [0, 0.1) is 5.92 Å². The number of benzene rings is 1. The Morgan fingerprint density at radius 2 is 1.94 bits per heavy atom. The van der Waals surface area contributed by atoms with Gasteiger partial charge in [-0.2, -0.15) is 4.31 Å². The van der Waals surface area contributed by atoms with Crippen LogP contribution in [-0.2, 0) is 21.4 Å². The first-order valence-corrected chi connectivity index (χ1v) is 13.2. The number of likely N-dealkylation sites (N-methyl/N-ethyl adjacent to an activating group) is 1. The van der Waals surface area contributed by atoms with E-state index in [0.717, 1.165) is 38.8 Å². The number of amides is 1. The van der Waals surface area contributed by atoms with Crippen LogP contribution >= 0.6 is 0 Å². The minimum atomic E-state index is -3.68. The van der Waals surface area contributed by atoms with E-state index in [1.807, 2.05) is 0 Å². The molecule has 0 radical (unpaired) electrons. The number of nitrogens with zero attached hydrogens (tertiary/aromatic N) is 4. The first kappa shape index (κ1) is 23.8. The third kappa shape index (κ3) is 5.12. The fraction of sp³-hybridized carbons (Fsp3) is 0.609. The minimum Gasteiger partial charge on any atom is -0.353 e. The topological polar surface area (TPSA) is 105 Å². The Morgan fingerprint density at radius 1 is 1.18 bits per heavy atom. The maximum absolute atomic E-state index is 13.1. The predicted molar refractivity (Wildman–Crippen MR) is 126 cm³/mol. The number of hydrogen-bond acceptors (Lipinski definition) is 6. The molecule has 1 amide bonds. The summed E-state index contributed by atoms with van der Waals surface area (Å²) in [4.78, 5) is 32.2. The second kappa shape index (κ2) is 9.90. The molecule has 4 rings (SSSR count). The van der Waals surface area contributed by atoms with Crippen LogP contribution in [0.3, 0.4) is 0 Å². The van der Waals surface area contributed by atoms with E-state index in [0.29, 0.717) is 37.1 Å². The second-order valence-electron chi connectivity index (χ2n) is 9.17. The number of carbonyl (C=O) groups is 1. The summed E-state index contributed by atoms with van der Waals surface area (Å²) in [5, 5.41) is 3.12. The van der Waals surface area contributed by atoms with Crippen molar-refractivity contribution in [2.45, 2.75) is 57.0 Å². The SMILES string of the molecule is CCN1CCC[C@@H]1CNC(=O)Cn1cnc2ccc(S(=O)(=O)N3CCC(C)CC3)cc2c1=O. The third-order valence-corrected chi connectivity index (χ3v) is 8.82. The van der Waals surface area contributed by atoms with E-state index in [2.05, 4.69) is 29.0 Å². The Bertz CT molecular complexity index is 1170. The predicted octanol–water partition coefficient (Wildman–Crippen LogP) is 1.42. The van der Waals surface area contributed by atoms with Gasteiger partial charge in [-0.25, -0.2) is 13.4 Å². The summed E-state index contributed by atoms with van der Waals surface area (Å²) in [5.41, 5.74) is -0.0112. The van der Waals surface area contributed by atoms with Gasteiger partial charge < -0.3 is 5.32 Å². The van der Waals surface area contributed by atoms with Gasteiger partial charge in [0.15, 0.2) is 0 Å². The Hall–Kier alpha value is -2.30. The lowest BCUT2D eigenvalue weighted by molar-refractivity contribution is -0.121. The average molecular weight is 476 g/mol. The molecule has 2 saturated heterocycles. The fourth-order valence-corrected chi connectivity index (χ4v) is 6.27. The van der Waals surface area contributed by atoms with Gasteiger partial charge in [0, 0.05) is 25.7 Å². The van der Waals surface area contributed by atoms with Gasteiger partial charge in [0.05, 0.1) is 22.1 Å². The van der Waals surface area contributed by atoms with Crippen molar-refractivity contribution in [1.29, 1.82) is 0 Å². The number of hydrogen-bond donors (Lipinski definition) is 1. The molecular weight excluding hydrogens is 442 g/mol. The molecule has 3 heterocycles. The first-order chi connectivity index (χ1) is 15.8. The van der Waals surface area contributed by atoms with Crippen molar-refractivity contribution in [3.63, 3.8) is 0 Å². The van der Waals surface area contributed by atoms with Gasteiger partial charge in [-0.05, 0) is 62.9 Å². The maximum Gasteiger partial charge on any atom is 0.261 e. The number of fused-ring (bicyclic) bond motifs is 1. The van der Waals surface area contributed by atoms with E-state index in [1.165, 1.54) is 27.3 Å². The molecule has 0 saturated carbocycles. The maximum atomic E-state index is 13.1. The van der Waals surface area contributed by atoms with Crippen LogP contribution in [0.1, 0.15) is 39.5 Å². The molecule has 1 atom stereocenters. The standard InChI is InChI=1S/C23H33N5O4S/c1-3-26-10-4-5-18(26)14-24-22(29)15-27-16-25-21-7-6-19(13-20(21)23(27)30)33(31,32)28-11-8-17(2)9-12-28/h6-7,13,16-18H,3-5,8-12,14-15H2,1-2H3,(H,24,29)/t18-/m1/s1. The summed E-state index contributed by atoms with van der Waals surface area (Å²) in [6.07, 6.45) is 5.18. The van der Waals surface area contributed by atoms with Crippen LogP contribution in [0.4, 0.5) is 0 Å². The van der Waals surface area contributed by atoms with Crippen molar-refractivity contribution in [3.05, 3.63) is 34.9 Å². The monoisotopic (exact) mass is 475 g/mol. The van der Waals surface area contributed by atoms with Gasteiger partial charge in [0.1, 0.15) is 6.54 Å². The number of likely N-dealkylation sites (tertiary alicyclic amines) is 1. The second-order valence-corrected chi connectivity index (χ2v) is 11.1. The van der Waals surface area contributed by atoms with Crippen molar-refractivity contribution in [3.8, 4) is 0 Å². The lowest BCUT2D eigenvalue weighted by atomic mass is 10.0. The molecule has 180 valence electrons. The van der Waals surface area contributed by atoms with Crippen LogP contribution in [0.25, 0.3) is 10.9 Å². The highest BCUT2D eigenvalue weighted by molar-refractivity contribution is 7.89. The molecule has 1 N–H and O–H groups in total. The van der Waals surface area contributed by atoms with Crippen molar-refractivity contribution < 1.29 is 13.2 Å². The minimum absolute atomic E-state index is 0.0894. The van der Waals surface area contributed by atoms with Gasteiger partial charge in [-0.15, -0.1) is 0 Å². The molecule has 1 aromatic carbocycles. The molecule has 33 heavy (non-hydrogen) atoms. The summed E-state index contributed by atoms with van der Waals surface area (Å²) in [7, 11) is -3.68. The van der Waals surface area contributed by atoms with E-state index in [-0.39, 0.29) is 22.7 Å². The quantitative estimate of drug-likeness (QED) is 0.649. The highest BCUT2D eigenvalue weighted by Gasteiger charge is 2.28. The van der Waals surface area contributed by atoms with Crippen LogP contribution in [0.5, 0.6) is 0 Å². The number of sulfonamides is 1. The van der Waals surface area contributed by atoms with Crippen molar-refractivity contribution >= 4 is 26.8 Å². The van der Waals surface area contributed by atoms with Crippen LogP contribution in [0.15, 0.2) is 34.2 Å². The smallest absolute Gasteiger partial charge is 0.261 e. The van der Waals surface area contributed by atoms with Crippen molar-refractivity contribution in [2.24, 2.45) is 5.92 Å². The number of aromatic nitrogens is 2. The van der Waals surface area contributed by atoms with Gasteiger partial charge in [-0.1, -0.05) is 13.8 Å². The third-order valence-electron chi connectivity index (χ3n) is 6.93. The van der Waals surface area contributed by atoms with E-state index < -0.39 is 15.6 Å². The van der Waals surface area contributed by atoms with Gasteiger partial charge in [0.25, 0.3) is 5.56 Å². The zero-order chi connectivity index (χ0) is 23.6. The van der Waals surface area contributed by atoms with E-state index >= 15 is 0 Å². The number of nitrogens with one attached hydrogen (secondary N) is 1. The van der Waals surface area contributed by atoms with Gasteiger partial charge in [0.2, 0.25) is 15.9 Å². The average Bonchev–Trinajstić information content (AvgIpc) is 3.27. The molecule has 0 bridgehead atoms. The fourth-order valence-electron chi connectivity index (χ4n) is 4.77. The highest BCUT2D eigenvalue weighted by atomic mass is 32.2. The first-order valence-electron chi connectivity index (χ1n) is 11.8. The molecule has 1 aromatic heterocycles. The molecular formula is C23H33N5O4S. The molecule has 0 spiro atoms. The molecule has 0 aliphatic carbocycles. The Morgan fingerprint density at radius 3 is 2.67 bits per heavy atom. The summed E-state index contributed by atoms with van der Waals surface area (Å²) < 4.78 is 28.9. The van der Waals surface area contributed by atoms with Crippen LogP contribution < -0.4 is 10.9 Å². The summed E-state index contributed by atoms with van der Waals surface area (Å²) in [6.45, 7) is 7.60. The molecule has 0 unspecified atom stereocenters. The number of piperidine rings is 1. The highest BCUT2D eigenvalue weighted by Crippen LogP contribution is 2.24. The normalized spacial score (nSPS) is 21.0. The summed E-state index contributed by atoms with van der Waals surface area (Å²) >= 11 is 0. The van der Waals surface area contributed by atoms with Gasteiger partial charge >= 0.3 is 0 Å². The Labute approximate surface area is 194 Å². The zero-order valence-electron chi connectivity index (χ0n) is 19.4. The molecule has 2 aliphatic rings. The Kier molecular flexibility index (Phi) is 7.16. The molecule has 10 heteroatoms. The summed E-state index contributed by atoms with van der Waals surface area (Å²) in [5.74, 6) is 0.252. The molecule has 9 nitrogen and oxygen atoms in total. The van der Waals surface area contributed by atoms with Crippen LogP contribution in [-0.4, -0.2) is 71.8 Å². The lowest BCUT2D eigenvalue weighted by Gasteiger charge is -2.29. The van der Waals surface area contributed by atoms with Crippen molar-refractivity contribution in [2.75, 3.05) is 32.7 Å². The molecule has 2 aliphatic heterocycles. The Balaban J connectivity index is 1.50. The van der Waals surface area contributed by atoms with Crippen molar-refractivity contribution in [1.82, 2.24) is 24.1 Å². The summed E-state index contributed by atoms with van der Waals surface area (Å²) in [6, 6.07) is 4.78. The lowest BCUT2D eigenvalue weighted by Crippen LogP contribution is -2.41. The molecule has 2 aromatic rings. The number of rotatable bonds is 7. The largest absolute Gasteiger partial charge is 0.353 e. The van der Waals surface area contributed by atoms with Crippen LogP contribution in [0.2, 0.25) is 0 Å². The zero-order valence-corrected chi connectivity index (χ0v) is 20.2. The molecule has 2 fully saturated rings. The van der Waals surface area contributed by atoms with E-state index in [4.69, 9.17) is 0 Å². The van der Waals surface area contributed by atoms with Gasteiger partial charge in [-0.3, -0.25) is 19.1 Å². The van der Waals surface area contributed by atoms with E-state index in [1.54, 1.807) is 6.07 Å². The number of carbonyl (C=O) groups excluding carboxylic acids is 1. The van der Waals surface area contributed by atoms with E-state index in [9.17, 15) is 18.0 Å².